The molecule has 4 rings (SSSR count). The number of rotatable bonds is 5. The molecular weight excluding hydrogens is 366 g/mol. The van der Waals surface area contributed by atoms with E-state index < -0.39 is 0 Å². The third-order valence-corrected chi connectivity index (χ3v) is 5.43. The first-order valence-electron chi connectivity index (χ1n) is 8.94. The number of ketones is 1. The van der Waals surface area contributed by atoms with Gasteiger partial charge < -0.3 is 10.1 Å². The fourth-order valence-corrected chi connectivity index (χ4v) is 4.08. The Balaban J connectivity index is 1.74. The average Bonchev–Trinajstić information content (AvgIpc) is 3.04. The quantitative estimate of drug-likeness (QED) is 0.561. The lowest BCUT2D eigenvalue weighted by Crippen LogP contribution is -2.02. The molecule has 0 atom stereocenters. The van der Waals surface area contributed by atoms with Crippen molar-refractivity contribution in [2.24, 2.45) is 0 Å². The van der Waals surface area contributed by atoms with Crippen molar-refractivity contribution < 1.29 is 9.53 Å². The lowest BCUT2D eigenvalue weighted by atomic mass is 10.0. The standard InChI is InChI=1S/C24H19NO2S/c1-27-20-14-12-18(13-15-20)22-23(26)21(16-17-8-4-2-5-9-17)28-24(22)25-19-10-6-3-7-11-19/h2-16,25H,1H3/b21-16-. The molecule has 1 N–H and O–H groups in total. The molecule has 4 heteroatoms. The van der Waals surface area contributed by atoms with Crippen molar-refractivity contribution >= 4 is 34.9 Å². The number of Topliss-reactive ketones (excluding diaryl/α,β-unsaturated/α-hetero) is 1. The second-order valence-electron chi connectivity index (χ2n) is 6.27. The predicted octanol–water partition coefficient (Wildman–Crippen LogP) is 5.83. The van der Waals surface area contributed by atoms with Gasteiger partial charge in [0.15, 0.2) is 0 Å². The first-order valence-corrected chi connectivity index (χ1v) is 9.76. The summed E-state index contributed by atoms with van der Waals surface area (Å²) in [5, 5.41) is 4.25. The second-order valence-corrected chi connectivity index (χ2v) is 7.33. The molecule has 0 saturated heterocycles. The zero-order valence-corrected chi connectivity index (χ0v) is 16.2. The van der Waals surface area contributed by atoms with E-state index in [0.29, 0.717) is 10.5 Å². The molecule has 0 amide bonds. The highest BCUT2D eigenvalue weighted by Crippen LogP contribution is 2.44. The zero-order valence-electron chi connectivity index (χ0n) is 15.4. The molecule has 3 nitrogen and oxygen atoms in total. The average molecular weight is 385 g/mol. The maximum atomic E-state index is 13.2. The van der Waals surface area contributed by atoms with Gasteiger partial charge in [-0.15, -0.1) is 0 Å². The van der Waals surface area contributed by atoms with Gasteiger partial charge in [0.1, 0.15) is 5.75 Å². The lowest BCUT2D eigenvalue weighted by molar-refractivity contribution is -0.109. The Morgan fingerprint density at radius 1 is 0.857 bits per heavy atom. The van der Waals surface area contributed by atoms with Crippen LogP contribution in [0, 0.1) is 0 Å². The van der Waals surface area contributed by atoms with E-state index in [9.17, 15) is 4.79 Å². The molecule has 0 saturated carbocycles. The van der Waals surface area contributed by atoms with E-state index in [-0.39, 0.29) is 5.78 Å². The van der Waals surface area contributed by atoms with Crippen molar-refractivity contribution in [2.45, 2.75) is 0 Å². The fraction of sp³-hybridized carbons (Fsp3) is 0.0417. The summed E-state index contributed by atoms with van der Waals surface area (Å²) in [5.41, 5.74) is 3.50. The van der Waals surface area contributed by atoms with Crippen molar-refractivity contribution in [3.63, 3.8) is 0 Å². The number of ether oxygens (including phenoxy) is 1. The lowest BCUT2D eigenvalue weighted by Gasteiger charge is -2.09. The normalized spacial score (nSPS) is 15.2. The molecule has 1 aliphatic heterocycles. The first-order chi connectivity index (χ1) is 13.7. The highest BCUT2D eigenvalue weighted by molar-refractivity contribution is 8.08. The van der Waals surface area contributed by atoms with E-state index in [4.69, 9.17) is 4.74 Å². The number of carbonyl (C=O) groups excluding carboxylic acids is 1. The van der Waals surface area contributed by atoms with Gasteiger partial charge >= 0.3 is 0 Å². The Kier molecular flexibility index (Phi) is 5.31. The van der Waals surface area contributed by atoms with Crippen LogP contribution in [-0.2, 0) is 4.79 Å². The molecule has 0 aliphatic carbocycles. The molecule has 1 heterocycles. The summed E-state index contributed by atoms with van der Waals surface area (Å²) in [5.74, 6) is 0.789. The van der Waals surface area contributed by atoms with Crippen LogP contribution >= 0.6 is 11.8 Å². The van der Waals surface area contributed by atoms with Crippen LogP contribution in [0.25, 0.3) is 11.6 Å². The van der Waals surface area contributed by atoms with Crippen LogP contribution in [0.4, 0.5) is 5.69 Å². The molecule has 0 bridgehead atoms. The number of methoxy groups -OCH3 is 1. The van der Waals surface area contributed by atoms with Gasteiger partial charge in [-0.2, -0.15) is 0 Å². The van der Waals surface area contributed by atoms with Crippen LogP contribution in [0.1, 0.15) is 11.1 Å². The van der Waals surface area contributed by atoms with Crippen LogP contribution < -0.4 is 10.1 Å². The molecule has 0 fully saturated rings. The molecule has 0 aromatic heterocycles. The molecule has 28 heavy (non-hydrogen) atoms. The van der Waals surface area contributed by atoms with Gasteiger partial charge in [0.05, 0.1) is 22.6 Å². The van der Waals surface area contributed by atoms with E-state index in [1.54, 1.807) is 7.11 Å². The smallest absolute Gasteiger partial charge is 0.203 e. The minimum Gasteiger partial charge on any atom is -0.497 e. The Labute approximate surface area is 168 Å². The van der Waals surface area contributed by atoms with E-state index in [1.807, 2.05) is 91.0 Å². The van der Waals surface area contributed by atoms with E-state index in [2.05, 4.69) is 5.32 Å². The number of hydrogen-bond acceptors (Lipinski definition) is 4. The Morgan fingerprint density at radius 2 is 1.50 bits per heavy atom. The first kappa shape index (κ1) is 18.1. The summed E-state index contributed by atoms with van der Waals surface area (Å²) in [6, 6.07) is 27.4. The third kappa shape index (κ3) is 3.87. The van der Waals surface area contributed by atoms with E-state index >= 15 is 0 Å². The van der Waals surface area contributed by atoms with E-state index in [1.165, 1.54) is 11.8 Å². The van der Waals surface area contributed by atoms with Crippen LogP contribution in [0.2, 0.25) is 0 Å². The van der Waals surface area contributed by atoms with E-state index in [0.717, 1.165) is 27.6 Å². The largest absolute Gasteiger partial charge is 0.497 e. The van der Waals surface area contributed by atoms with Crippen LogP contribution in [-0.4, -0.2) is 12.9 Å². The zero-order chi connectivity index (χ0) is 19.3. The van der Waals surface area contributed by atoms with Gasteiger partial charge in [0, 0.05) is 5.69 Å². The minimum absolute atomic E-state index is 0.0254. The third-order valence-electron chi connectivity index (χ3n) is 4.40. The van der Waals surface area contributed by atoms with Crippen LogP contribution in [0.5, 0.6) is 5.75 Å². The molecule has 0 spiro atoms. The summed E-state index contributed by atoms with van der Waals surface area (Å²) in [7, 11) is 1.63. The number of hydrogen-bond donors (Lipinski definition) is 1. The van der Waals surface area contributed by atoms with Crippen LogP contribution in [0.15, 0.2) is 94.9 Å². The predicted molar refractivity (Wildman–Crippen MR) is 117 cm³/mol. The number of para-hydroxylation sites is 1. The summed E-state index contributed by atoms with van der Waals surface area (Å²) >= 11 is 1.47. The Hall–Kier alpha value is -3.24. The highest BCUT2D eigenvalue weighted by atomic mass is 32.2. The summed E-state index contributed by atoms with van der Waals surface area (Å²) in [4.78, 5) is 14.0. The number of benzene rings is 3. The van der Waals surface area contributed by atoms with Gasteiger partial charge in [-0.1, -0.05) is 72.4 Å². The number of allylic oxidation sites excluding steroid dienone is 2. The molecule has 1 aliphatic rings. The highest BCUT2D eigenvalue weighted by Gasteiger charge is 2.30. The topological polar surface area (TPSA) is 38.3 Å². The van der Waals surface area contributed by atoms with Crippen molar-refractivity contribution in [1.29, 1.82) is 0 Å². The summed E-state index contributed by atoms with van der Waals surface area (Å²) in [6.07, 6.45) is 1.94. The molecule has 0 unspecified atom stereocenters. The van der Waals surface area contributed by atoms with Gasteiger partial charge in [0.25, 0.3) is 0 Å². The van der Waals surface area contributed by atoms with Gasteiger partial charge in [-0.3, -0.25) is 4.79 Å². The minimum atomic E-state index is 0.0254. The molecule has 3 aromatic rings. The van der Waals surface area contributed by atoms with Crippen molar-refractivity contribution in [2.75, 3.05) is 12.4 Å². The maximum absolute atomic E-state index is 13.2. The van der Waals surface area contributed by atoms with Gasteiger partial charge in [0.2, 0.25) is 5.78 Å². The molecular formula is C24H19NO2S. The Morgan fingerprint density at radius 3 is 2.14 bits per heavy atom. The molecule has 138 valence electrons. The SMILES string of the molecule is COc1ccc(C2=C(Nc3ccccc3)S/C(=C\c3ccccc3)C2=O)cc1. The van der Waals surface area contributed by atoms with Crippen molar-refractivity contribution in [3.8, 4) is 5.75 Å². The second kappa shape index (κ2) is 8.19. The molecule has 0 radical (unpaired) electrons. The summed E-state index contributed by atoms with van der Waals surface area (Å²) in [6.45, 7) is 0. The number of thioether (sulfide) groups is 1. The van der Waals surface area contributed by atoms with Crippen molar-refractivity contribution in [3.05, 3.63) is 106 Å². The summed E-state index contributed by atoms with van der Waals surface area (Å²) < 4.78 is 5.25. The monoisotopic (exact) mass is 385 g/mol. The number of nitrogens with one attached hydrogen (secondary N) is 1. The van der Waals surface area contributed by atoms with Crippen LogP contribution in [0.3, 0.4) is 0 Å². The molecule has 3 aromatic carbocycles. The fourth-order valence-electron chi connectivity index (χ4n) is 2.99. The number of anilines is 1. The van der Waals surface area contributed by atoms with Crippen molar-refractivity contribution in [1.82, 2.24) is 0 Å². The maximum Gasteiger partial charge on any atom is 0.203 e. The Bertz CT molecular complexity index is 1040. The number of carbonyl (C=O) groups is 1. The van der Waals surface area contributed by atoms with Gasteiger partial charge in [-0.25, -0.2) is 0 Å². The van der Waals surface area contributed by atoms with Gasteiger partial charge in [-0.05, 0) is 41.5 Å².